The number of carbonyl (C=O) groups is 2. The van der Waals surface area contributed by atoms with Gasteiger partial charge in [0.15, 0.2) is 0 Å². The smallest absolute Gasteiger partial charge is 0.242 e. The van der Waals surface area contributed by atoms with Crippen LogP contribution in [-0.2, 0) is 27.4 Å². The Balaban J connectivity index is 2.13. The maximum Gasteiger partial charge on any atom is 0.242 e. The van der Waals surface area contributed by atoms with Crippen LogP contribution in [0.4, 0.5) is 0 Å². The molecule has 2 rings (SSSR count). The number of ether oxygens (including phenoxy) is 1. The Morgan fingerprint density at radius 2 is 1.75 bits per heavy atom. The minimum Gasteiger partial charge on any atom is -0.383 e. The number of hydrogen-bond acceptors (Lipinski definition) is 3. The van der Waals surface area contributed by atoms with Crippen LogP contribution in [0.2, 0.25) is 0 Å². The average Bonchev–Trinajstić information content (AvgIpc) is 3.20. The molecule has 0 aliphatic heterocycles. The molecule has 0 N–H and O–H groups in total. The molecule has 6 nitrogen and oxygen atoms in total. The summed E-state index contributed by atoms with van der Waals surface area (Å²) < 4.78 is 7.38. The van der Waals surface area contributed by atoms with Crippen LogP contribution in [-0.4, -0.2) is 64.9 Å². The number of amides is 2. The van der Waals surface area contributed by atoms with Gasteiger partial charge in [-0.25, -0.2) is 0 Å². The summed E-state index contributed by atoms with van der Waals surface area (Å²) in [5, 5.41) is -0.662. The Kier molecular flexibility index (Phi) is 10.8. The first kappa shape index (κ1) is 25.9. The van der Waals surface area contributed by atoms with E-state index in [1.807, 2.05) is 36.5 Å². The molecular formula is C25H36ClN3O3. The van der Waals surface area contributed by atoms with Crippen molar-refractivity contribution in [2.45, 2.75) is 45.7 Å². The molecular weight excluding hydrogens is 426 g/mol. The lowest BCUT2D eigenvalue weighted by molar-refractivity contribution is -0.141. The Labute approximate surface area is 197 Å². The lowest BCUT2D eigenvalue weighted by Crippen LogP contribution is -2.46. The summed E-state index contributed by atoms with van der Waals surface area (Å²) in [7, 11) is 1.62. The fourth-order valence-corrected chi connectivity index (χ4v) is 3.55. The van der Waals surface area contributed by atoms with Crippen molar-refractivity contribution in [1.29, 1.82) is 0 Å². The van der Waals surface area contributed by atoms with Gasteiger partial charge in [-0.15, -0.1) is 11.6 Å². The monoisotopic (exact) mass is 461 g/mol. The fraction of sp³-hybridized carbons (Fsp3) is 0.520. The second-order valence-corrected chi connectivity index (χ2v) is 9.13. The van der Waals surface area contributed by atoms with Crippen LogP contribution >= 0.6 is 11.6 Å². The number of aromatic nitrogens is 1. The molecule has 0 aliphatic carbocycles. The van der Waals surface area contributed by atoms with Crippen LogP contribution in [0.15, 0.2) is 48.7 Å². The molecule has 1 heterocycles. The van der Waals surface area contributed by atoms with Crippen molar-refractivity contribution >= 4 is 23.4 Å². The minimum absolute atomic E-state index is 0.0196. The van der Waals surface area contributed by atoms with Gasteiger partial charge in [0, 0.05) is 38.6 Å². The largest absolute Gasteiger partial charge is 0.383 e. The summed E-state index contributed by atoms with van der Waals surface area (Å²) in [5.74, 6) is 0.112. The predicted molar refractivity (Wildman–Crippen MR) is 129 cm³/mol. The molecule has 32 heavy (non-hydrogen) atoms. The van der Waals surface area contributed by atoms with E-state index >= 15 is 0 Å². The van der Waals surface area contributed by atoms with Gasteiger partial charge in [-0.05, 0) is 37.0 Å². The van der Waals surface area contributed by atoms with Crippen LogP contribution in [0, 0.1) is 5.92 Å². The molecule has 1 unspecified atom stereocenters. The highest BCUT2D eigenvalue weighted by Crippen LogP contribution is 2.13. The number of rotatable bonds is 13. The summed E-state index contributed by atoms with van der Waals surface area (Å²) in [6.07, 6.45) is 2.84. The highest BCUT2D eigenvalue weighted by atomic mass is 35.5. The number of carbonyl (C=O) groups excluding carboxylic acids is 2. The summed E-state index contributed by atoms with van der Waals surface area (Å²) in [6.45, 7) is 8.44. The zero-order valence-corrected chi connectivity index (χ0v) is 20.4. The molecule has 0 bridgehead atoms. The van der Waals surface area contributed by atoms with Crippen LogP contribution < -0.4 is 0 Å². The number of hydrogen-bond donors (Lipinski definition) is 0. The molecule has 0 spiro atoms. The first-order valence-electron chi connectivity index (χ1n) is 11.2. The lowest BCUT2D eigenvalue weighted by atomic mass is 10.1. The zero-order chi connectivity index (χ0) is 23.5. The minimum atomic E-state index is -0.662. The number of methoxy groups -OCH3 is 1. The molecule has 0 radical (unpaired) electrons. The summed E-state index contributed by atoms with van der Waals surface area (Å²) in [4.78, 5) is 29.2. The highest BCUT2D eigenvalue weighted by Gasteiger charge is 2.24. The van der Waals surface area contributed by atoms with Gasteiger partial charge >= 0.3 is 0 Å². The predicted octanol–water partition coefficient (Wildman–Crippen LogP) is 4.01. The topological polar surface area (TPSA) is 54.8 Å². The quantitative estimate of drug-likeness (QED) is 0.423. The van der Waals surface area contributed by atoms with Crippen molar-refractivity contribution in [3.8, 4) is 0 Å². The molecule has 1 aromatic carbocycles. The van der Waals surface area contributed by atoms with E-state index in [0.29, 0.717) is 32.2 Å². The molecule has 1 aromatic heterocycles. The molecule has 0 fully saturated rings. The highest BCUT2D eigenvalue weighted by molar-refractivity contribution is 6.30. The third-order valence-electron chi connectivity index (χ3n) is 5.34. The lowest BCUT2D eigenvalue weighted by Gasteiger charge is -2.29. The number of nitrogens with zero attached hydrogens (tertiary/aromatic N) is 3. The standard InChI is InChI=1S/C25H36ClN3O3/c1-20(2)12-14-29(25(31)21(3)26)19-24(30)28(15-16-32-4)18-23-11-8-13-27(23)17-22-9-6-5-7-10-22/h5-11,13,20-21H,12,14-19H2,1-4H3. The molecule has 2 aromatic rings. The molecule has 1 atom stereocenters. The van der Waals surface area contributed by atoms with E-state index in [9.17, 15) is 9.59 Å². The Morgan fingerprint density at radius 1 is 1.03 bits per heavy atom. The summed E-state index contributed by atoms with van der Waals surface area (Å²) in [6, 6.07) is 14.2. The van der Waals surface area contributed by atoms with Gasteiger partial charge in [0.1, 0.15) is 5.38 Å². The van der Waals surface area contributed by atoms with Gasteiger partial charge in [-0.2, -0.15) is 0 Å². The summed E-state index contributed by atoms with van der Waals surface area (Å²) >= 11 is 6.06. The SMILES string of the molecule is COCCN(Cc1cccn1Cc1ccccc1)C(=O)CN(CCC(C)C)C(=O)C(C)Cl. The Morgan fingerprint density at radius 3 is 2.38 bits per heavy atom. The van der Waals surface area contributed by atoms with E-state index in [4.69, 9.17) is 16.3 Å². The van der Waals surface area contributed by atoms with Gasteiger partial charge in [0.25, 0.3) is 0 Å². The van der Waals surface area contributed by atoms with Gasteiger partial charge in [-0.3, -0.25) is 9.59 Å². The van der Waals surface area contributed by atoms with Crippen molar-refractivity contribution in [1.82, 2.24) is 14.4 Å². The number of alkyl halides is 1. The molecule has 2 amide bonds. The van der Waals surface area contributed by atoms with E-state index in [-0.39, 0.29) is 18.4 Å². The van der Waals surface area contributed by atoms with Crippen molar-refractivity contribution in [2.24, 2.45) is 5.92 Å². The van der Waals surface area contributed by atoms with Crippen molar-refractivity contribution in [2.75, 3.05) is 33.4 Å². The van der Waals surface area contributed by atoms with E-state index in [1.165, 1.54) is 5.56 Å². The van der Waals surface area contributed by atoms with Crippen molar-refractivity contribution in [3.05, 3.63) is 59.9 Å². The maximum absolute atomic E-state index is 13.3. The second kappa shape index (κ2) is 13.3. The number of benzene rings is 1. The van der Waals surface area contributed by atoms with Gasteiger partial charge < -0.3 is 19.1 Å². The number of halogens is 1. The third kappa shape index (κ3) is 8.32. The summed E-state index contributed by atoms with van der Waals surface area (Å²) in [5.41, 5.74) is 2.23. The van der Waals surface area contributed by atoms with Crippen LogP contribution in [0.3, 0.4) is 0 Å². The first-order chi connectivity index (χ1) is 15.3. The molecule has 7 heteroatoms. The van der Waals surface area contributed by atoms with Crippen molar-refractivity contribution in [3.63, 3.8) is 0 Å². The zero-order valence-electron chi connectivity index (χ0n) is 19.7. The normalized spacial score (nSPS) is 12.1. The van der Waals surface area contributed by atoms with Gasteiger partial charge in [-0.1, -0.05) is 44.2 Å². The van der Waals surface area contributed by atoms with E-state index in [0.717, 1.165) is 18.7 Å². The second-order valence-electron chi connectivity index (χ2n) is 8.48. The molecule has 0 aliphatic rings. The van der Waals surface area contributed by atoms with E-state index in [1.54, 1.807) is 23.8 Å². The first-order valence-corrected chi connectivity index (χ1v) is 11.6. The molecule has 0 saturated heterocycles. The van der Waals surface area contributed by atoms with Crippen LogP contribution in [0.5, 0.6) is 0 Å². The van der Waals surface area contributed by atoms with E-state index in [2.05, 4.69) is 30.5 Å². The molecule has 0 saturated carbocycles. The third-order valence-corrected chi connectivity index (χ3v) is 5.53. The Hall–Kier alpha value is -2.31. The van der Waals surface area contributed by atoms with Crippen LogP contribution in [0.25, 0.3) is 0 Å². The Bertz CT molecular complexity index is 836. The van der Waals surface area contributed by atoms with Crippen molar-refractivity contribution < 1.29 is 14.3 Å². The van der Waals surface area contributed by atoms with E-state index < -0.39 is 5.38 Å². The van der Waals surface area contributed by atoms with Gasteiger partial charge in [0.05, 0.1) is 19.7 Å². The van der Waals surface area contributed by atoms with Gasteiger partial charge in [0.2, 0.25) is 11.8 Å². The average molecular weight is 462 g/mol. The van der Waals surface area contributed by atoms with Crippen LogP contribution in [0.1, 0.15) is 38.4 Å². The maximum atomic E-state index is 13.3. The molecule has 176 valence electrons. The fourth-order valence-electron chi connectivity index (χ4n) is 3.41.